The molecule has 0 heterocycles. The molecule has 0 bridgehead atoms. The zero-order valence-corrected chi connectivity index (χ0v) is 11.5. The number of rotatable bonds is 3. The fourth-order valence-electron chi connectivity index (χ4n) is 1.90. The van der Waals surface area contributed by atoms with E-state index >= 15 is 0 Å². The molecule has 0 fully saturated rings. The molecule has 0 spiro atoms. The minimum absolute atomic E-state index is 0.150. The average molecular weight is 276 g/mol. The molecule has 2 aromatic rings. The highest BCUT2D eigenvalue weighted by atomic mass is 35.5. The minimum atomic E-state index is -0.150. The molecule has 0 saturated carbocycles. The largest absolute Gasteiger partial charge is 0.496 e. The van der Waals surface area contributed by atoms with Gasteiger partial charge in [0.15, 0.2) is 5.78 Å². The summed E-state index contributed by atoms with van der Waals surface area (Å²) in [4.78, 5) is 12.4. The zero-order valence-electron chi connectivity index (χ0n) is 10.7. The fourth-order valence-corrected chi connectivity index (χ4v) is 2.11. The highest BCUT2D eigenvalue weighted by molar-refractivity contribution is 6.37. The van der Waals surface area contributed by atoms with Crippen molar-refractivity contribution in [2.75, 3.05) is 12.8 Å². The van der Waals surface area contributed by atoms with Gasteiger partial charge in [-0.05, 0) is 42.8 Å². The minimum Gasteiger partial charge on any atom is -0.496 e. The second-order valence-corrected chi connectivity index (χ2v) is 4.60. The Morgan fingerprint density at radius 1 is 1.26 bits per heavy atom. The predicted molar refractivity (Wildman–Crippen MR) is 77.0 cm³/mol. The summed E-state index contributed by atoms with van der Waals surface area (Å²) in [6.07, 6.45) is 0. The van der Waals surface area contributed by atoms with E-state index in [0.717, 1.165) is 11.3 Å². The van der Waals surface area contributed by atoms with Crippen molar-refractivity contribution in [3.63, 3.8) is 0 Å². The van der Waals surface area contributed by atoms with Gasteiger partial charge in [-0.15, -0.1) is 0 Å². The Morgan fingerprint density at radius 3 is 2.63 bits per heavy atom. The normalized spacial score (nSPS) is 10.3. The second kappa shape index (κ2) is 5.33. The second-order valence-electron chi connectivity index (χ2n) is 4.22. The van der Waals surface area contributed by atoms with Crippen molar-refractivity contribution in [3.8, 4) is 5.75 Å². The molecule has 3 nitrogen and oxygen atoms in total. The Balaban J connectivity index is 2.44. The van der Waals surface area contributed by atoms with E-state index < -0.39 is 0 Å². The highest BCUT2D eigenvalue weighted by Gasteiger charge is 2.15. The van der Waals surface area contributed by atoms with E-state index in [9.17, 15) is 4.79 Å². The first kappa shape index (κ1) is 13.4. The lowest BCUT2D eigenvalue weighted by Gasteiger charge is -2.08. The number of hydrogen-bond acceptors (Lipinski definition) is 3. The van der Waals surface area contributed by atoms with Crippen molar-refractivity contribution in [1.29, 1.82) is 0 Å². The summed E-state index contributed by atoms with van der Waals surface area (Å²) in [7, 11) is 1.60. The van der Waals surface area contributed by atoms with Crippen LogP contribution in [-0.4, -0.2) is 12.9 Å². The zero-order chi connectivity index (χ0) is 14.0. The number of anilines is 1. The number of ether oxygens (including phenoxy) is 1. The van der Waals surface area contributed by atoms with E-state index in [1.807, 2.05) is 6.92 Å². The number of nitrogens with two attached hydrogens (primary N) is 1. The lowest BCUT2D eigenvalue weighted by molar-refractivity contribution is 0.103. The van der Waals surface area contributed by atoms with Crippen LogP contribution in [0.25, 0.3) is 0 Å². The number of nitrogen functional groups attached to an aromatic ring is 1. The summed E-state index contributed by atoms with van der Waals surface area (Å²) < 4.78 is 5.17. The van der Waals surface area contributed by atoms with Gasteiger partial charge in [-0.3, -0.25) is 4.79 Å². The van der Waals surface area contributed by atoms with Crippen LogP contribution >= 0.6 is 11.6 Å². The van der Waals surface area contributed by atoms with Gasteiger partial charge in [-0.2, -0.15) is 0 Å². The van der Waals surface area contributed by atoms with Gasteiger partial charge in [0.2, 0.25) is 0 Å². The summed E-state index contributed by atoms with van der Waals surface area (Å²) in [6, 6.07) is 10.3. The molecule has 0 aliphatic heterocycles. The quantitative estimate of drug-likeness (QED) is 0.689. The van der Waals surface area contributed by atoms with E-state index in [0.29, 0.717) is 21.8 Å². The molecule has 2 aromatic carbocycles. The maximum atomic E-state index is 12.4. The first-order valence-corrected chi connectivity index (χ1v) is 6.15. The van der Waals surface area contributed by atoms with E-state index in [-0.39, 0.29) is 5.78 Å². The first-order chi connectivity index (χ1) is 9.04. The van der Waals surface area contributed by atoms with Gasteiger partial charge in [-0.1, -0.05) is 17.7 Å². The fraction of sp³-hybridized carbons (Fsp3) is 0.133. The van der Waals surface area contributed by atoms with Crippen LogP contribution in [0.3, 0.4) is 0 Å². The van der Waals surface area contributed by atoms with Crippen molar-refractivity contribution < 1.29 is 9.53 Å². The SMILES string of the molecule is COc1ccc(C(=O)c2cccc(N)c2Cl)cc1C. The lowest BCUT2D eigenvalue weighted by Crippen LogP contribution is -2.04. The van der Waals surface area contributed by atoms with Crippen LogP contribution in [0.4, 0.5) is 5.69 Å². The van der Waals surface area contributed by atoms with Crippen molar-refractivity contribution in [1.82, 2.24) is 0 Å². The van der Waals surface area contributed by atoms with Crippen molar-refractivity contribution in [3.05, 3.63) is 58.1 Å². The number of ketones is 1. The summed E-state index contributed by atoms with van der Waals surface area (Å²) in [5, 5.41) is 0.293. The average Bonchev–Trinajstić information content (AvgIpc) is 2.41. The number of halogens is 1. The van der Waals surface area contributed by atoms with Crippen LogP contribution in [0.1, 0.15) is 21.5 Å². The van der Waals surface area contributed by atoms with Gasteiger partial charge in [0.25, 0.3) is 0 Å². The third-order valence-electron chi connectivity index (χ3n) is 2.93. The molecule has 0 aliphatic carbocycles. The van der Waals surface area contributed by atoms with Gasteiger partial charge in [-0.25, -0.2) is 0 Å². The van der Waals surface area contributed by atoms with Crippen LogP contribution in [0.15, 0.2) is 36.4 Å². The molecule has 2 N–H and O–H groups in total. The molecule has 0 saturated heterocycles. The molecule has 0 atom stereocenters. The maximum Gasteiger partial charge on any atom is 0.194 e. The number of hydrogen-bond donors (Lipinski definition) is 1. The molecule has 98 valence electrons. The topological polar surface area (TPSA) is 52.3 Å². The number of carbonyl (C=O) groups excluding carboxylic acids is 1. The highest BCUT2D eigenvalue weighted by Crippen LogP contribution is 2.27. The Bertz CT molecular complexity index is 638. The van der Waals surface area contributed by atoms with Gasteiger partial charge >= 0.3 is 0 Å². The monoisotopic (exact) mass is 275 g/mol. The molecule has 4 heteroatoms. The number of benzene rings is 2. The summed E-state index contributed by atoms with van der Waals surface area (Å²) in [5.74, 6) is 0.596. The Hall–Kier alpha value is -2.00. The van der Waals surface area contributed by atoms with E-state index in [4.69, 9.17) is 22.1 Å². The molecule has 0 amide bonds. The molecular formula is C15H14ClNO2. The maximum absolute atomic E-state index is 12.4. The first-order valence-electron chi connectivity index (χ1n) is 5.78. The van der Waals surface area contributed by atoms with Gasteiger partial charge in [0, 0.05) is 11.1 Å². The van der Waals surface area contributed by atoms with Crippen LogP contribution in [0.5, 0.6) is 5.75 Å². The number of methoxy groups -OCH3 is 1. The lowest BCUT2D eigenvalue weighted by atomic mass is 10.0. The molecule has 0 aliphatic rings. The van der Waals surface area contributed by atoms with Gasteiger partial charge < -0.3 is 10.5 Å². The van der Waals surface area contributed by atoms with E-state index in [1.165, 1.54) is 0 Å². The van der Waals surface area contributed by atoms with Crippen LogP contribution in [-0.2, 0) is 0 Å². The van der Waals surface area contributed by atoms with E-state index in [2.05, 4.69) is 0 Å². The van der Waals surface area contributed by atoms with Crippen molar-refractivity contribution in [2.24, 2.45) is 0 Å². The predicted octanol–water partition coefficient (Wildman–Crippen LogP) is 3.47. The molecule has 0 aromatic heterocycles. The Morgan fingerprint density at radius 2 is 2.00 bits per heavy atom. The standard InChI is InChI=1S/C15H14ClNO2/c1-9-8-10(6-7-13(9)19-2)15(18)11-4-3-5-12(17)14(11)16/h3-8H,17H2,1-2H3. The molecular weight excluding hydrogens is 262 g/mol. The summed E-state index contributed by atoms with van der Waals surface area (Å²) in [6.45, 7) is 1.89. The molecule has 19 heavy (non-hydrogen) atoms. The van der Waals surface area contributed by atoms with Crippen LogP contribution < -0.4 is 10.5 Å². The molecule has 0 radical (unpaired) electrons. The Kier molecular flexibility index (Phi) is 3.76. The number of carbonyl (C=O) groups is 1. The van der Waals surface area contributed by atoms with Crippen molar-refractivity contribution in [2.45, 2.75) is 6.92 Å². The van der Waals surface area contributed by atoms with Crippen LogP contribution in [0, 0.1) is 6.92 Å². The van der Waals surface area contributed by atoms with Crippen LogP contribution in [0.2, 0.25) is 5.02 Å². The third kappa shape index (κ3) is 2.56. The van der Waals surface area contributed by atoms with Gasteiger partial charge in [0.1, 0.15) is 5.75 Å². The smallest absolute Gasteiger partial charge is 0.194 e. The number of aryl methyl sites for hydroxylation is 1. The van der Waals surface area contributed by atoms with E-state index in [1.54, 1.807) is 43.5 Å². The molecule has 0 unspecified atom stereocenters. The third-order valence-corrected chi connectivity index (χ3v) is 3.35. The molecule has 2 rings (SSSR count). The van der Waals surface area contributed by atoms with Crippen molar-refractivity contribution >= 4 is 23.1 Å². The summed E-state index contributed by atoms with van der Waals surface area (Å²) >= 11 is 6.07. The summed E-state index contributed by atoms with van der Waals surface area (Å²) in [5.41, 5.74) is 7.97. The van der Waals surface area contributed by atoms with Gasteiger partial charge in [0.05, 0.1) is 17.8 Å². The Labute approximate surface area is 117 Å².